The van der Waals surface area contributed by atoms with E-state index in [9.17, 15) is 19.7 Å². The number of Topliss-reactive ketones (excluding diaryl/α,β-unsaturated/α-hetero) is 1. The largest absolute Gasteiger partial charge is 0.480 e. The number of nitro groups is 1. The standard InChI is InChI=1S/C24H30N2O6/c1-8-31-21(27)14-32-20-10-9-16(26(29)30)13-19(20)25-15-11-17(23(2,3)4)22(28)18(12-15)24(5,6)7/h9-13H,8,14H2,1-7H3. The van der Waals surface area contributed by atoms with Crippen molar-refractivity contribution in [3.05, 3.63) is 51.6 Å². The molecule has 1 aliphatic rings. The summed E-state index contributed by atoms with van der Waals surface area (Å²) in [5.41, 5.74) is 0.845. The maximum atomic E-state index is 13.1. The van der Waals surface area contributed by atoms with Crippen molar-refractivity contribution in [2.24, 2.45) is 15.8 Å². The number of nitrogens with zero attached hydrogens (tertiary/aromatic N) is 2. The fraction of sp³-hybridized carbons (Fsp3) is 0.458. The van der Waals surface area contributed by atoms with Gasteiger partial charge in [0.1, 0.15) is 11.4 Å². The fourth-order valence-electron chi connectivity index (χ4n) is 3.10. The van der Waals surface area contributed by atoms with Crippen molar-refractivity contribution in [3.8, 4) is 5.75 Å². The third-order valence-corrected chi connectivity index (χ3v) is 4.74. The highest BCUT2D eigenvalue weighted by atomic mass is 16.6. The molecule has 0 heterocycles. The molecule has 0 aliphatic heterocycles. The van der Waals surface area contributed by atoms with Crippen molar-refractivity contribution in [2.75, 3.05) is 13.2 Å². The molecule has 172 valence electrons. The van der Waals surface area contributed by atoms with E-state index in [1.54, 1.807) is 19.1 Å². The number of carbonyl (C=O) groups is 2. The lowest BCUT2D eigenvalue weighted by Crippen LogP contribution is -2.29. The second kappa shape index (κ2) is 9.46. The van der Waals surface area contributed by atoms with Crippen LogP contribution in [-0.4, -0.2) is 35.6 Å². The van der Waals surface area contributed by atoms with E-state index in [1.165, 1.54) is 18.2 Å². The van der Waals surface area contributed by atoms with Gasteiger partial charge in [-0.25, -0.2) is 9.79 Å². The van der Waals surface area contributed by atoms with Crippen LogP contribution in [0, 0.1) is 20.9 Å². The summed E-state index contributed by atoms with van der Waals surface area (Å²) >= 11 is 0. The highest BCUT2D eigenvalue weighted by Crippen LogP contribution is 2.38. The van der Waals surface area contributed by atoms with Gasteiger partial charge in [-0.1, -0.05) is 41.5 Å². The Morgan fingerprint density at radius 2 is 1.62 bits per heavy atom. The van der Waals surface area contributed by atoms with E-state index in [1.807, 2.05) is 41.5 Å². The molecule has 0 radical (unpaired) electrons. The number of non-ortho nitro benzene ring substituents is 1. The molecule has 0 aromatic heterocycles. The second-order valence-corrected chi connectivity index (χ2v) is 9.48. The van der Waals surface area contributed by atoms with E-state index in [-0.39, 0.29) is 36.1 Å². The van der Waals surface area contributed by atoms with Crippen LogP contribution < -0.4 is 4.74 Å². The molecule has 0 spiro atoms. The quantitative estimate of drug-likeness (QED) is 0.261. The Labute approximate surface area is 188 Å². The van der Waals surface area contributed by atoms with Crippen molar-refractivity contribution in [1.29, 1.82) is 0 Å². The minimum atomic E-state index is -0.558. The van der Waals surface area contributed by atoms with Gasteiger partial charge in [0.15, 0.2) is 12.4 Å². The summed E-state index contributed by atoms with van der Waals surface area (Å²) < 4.78 is 10.4. The van der Waals surface area contributed by atoms with Gasteiger partial charge in [0.2, 0.25) is 0 Å². The molecular formula is C24H30N2O6. The molecule has 2 rings (SSSR count). The maximum Gasteiger partial charge on any atom is 0.344 e. The molecule has 1 aliphatic carbocycles. The lowest BCUT2D eigenvalue weighted by Gasteiger charge is -2.31. The van der Waals surface area contributed by atoms with Crippen LogP contribution in [0.4, 0.5) is 11.4 Å². The molecule has 0 atom stereocenters. The first-order valence-electron chi connectivity index (χ1n) is 10.4. The summed E-state index contributed by atoms with van der Waals surface area (Å²) in [5.74, 6) is -0.399. The molecule has 32 heavy (non-hydrogen) atoms. The third kappa shape index (κ3) is 6.12. The highest BCUT2D eigenvalue weighted by molar-refractivity contribution is 6.23. The smallest absolute Gasteiger partial charge is 0.344 e. The lowest BCUT2D eigenvalue weighted by molar-refractivity contribution is -0.384. The number of carbonyl (C=O) groups excluding carboxylic acids is 2. The van der Waals surface area contributed by atoms with Gasteiger partial charge < -0.3 is 9.47 Å². The zero-order valence-corrected chi connectivity index (χ0v) is 19.6. The molecule has 8 nitrogen and oxygen atoms in total. The molecule has 0 fully saturated rings. The van der Waals surface area contributed by atoms with Crippen molar-refractivity contribution in [1.82, 2.24) is 0 Å². The molecule has 0 saturated heterocycles. The van der Waals surface area contributed by atoms with Crippen LogP contribution in [0.2, 0.25) is 0 Å². The maximum absolute atomic E-state index is 13.1. The number of allylic oxidation sites excluding steroid dienone is 4. The highest BCUT2D eigenvalue weighted by Gasteiger charge is 2.34. The normalized spacial score (nSPS) is 14.5. The Morgan fingerprint density at radius 3 is 2.09 bits per heavy atom. The van der Waals surface area contributed by atoms with Gasteiger partial charge >= 0.3 is 5.97 Å². The van der Waals surface area contributed by atoms with Crippen LogP contribution in [-0.2, 0) is 14.3 Å². The lowest BCUT2D eigenvalue weighted by atomic mass is 9.72. The first kappa shape index (κ1) is 25.0. The van der Waals surface area contributed by atoms with E-state index in [4.69, 9.17) is 9.47 Å². The summed E-state index contributed by atoms with van der Waals surface area (Å²) in [4.78, 5) is 40.1. The average molecular weight is 443 g/mol. The van der Waals surface area contributed by atoms with Crippen LogP contribution in [0.1, 0.15) is 48.5 Å². The number of ketones is 1. The van der Waals surface area contributed by atoms with Gasteiger partial charge in [-0.3, -0.25) is 14.9 Å². The van der Waals surface area contributed by atoms with Gasteiger partial charge in [0, 0.05) is 23.3 Å². The molecule has 0 saturated carbocycles. The van der Waals surface area contributed by atoms with Crippen LogP contribution in [0.3, 0.4) is 0 Å². The van der Waals surface area contributed by atoms with Crippen molar-refractivity contribution < 1.29 is 24.0 Å². The van der Waals surface area contributed by atoms with Gasteiger partial charge in [0.05, 0.1) is 17.2 Å². The number of esters is 1. The minimum Gasteiger partial charge on any atom is -0.480 e. The van der Waals surface area contributed by atoms with Gasteiger partial charge in [-0.2, -0.15) is 0 Å². The van der Waals surface area contributed by atoms with Crippen LogP contribution in [0.25, 0.3) is 0 Å². The molecule has 0 amide bonds. The summed E-state index contributed by atoms with van der Waals surface area (Å²) in [5, 5.41) is 11.3. The predicted octanol–water partition coefficient (Wildman–Crippen LogP) is 5.14. The Kier molecular flexibility index (Phi) is 7.38. The number of rotatable bonds is 6. The number of hydrogen-bond acceptors (Lipinski definition) is 7. The molecule has 0 bridgehead atoms. The van der Waals surface area contributed by atoms with Crippen LogP contribution >= 0.6 is 0 Å². The van der Waals surface area contributed by atoms with Crippen molar-refractivity contribution >= 4 is 28.8 Å². The predicted molar refractivity (Wildman–Crippen MR) is 122 cm³/mol. The van der Waals surface area contributed by atoms with Gasteiger partial charge in [-0.15, -0.1) is 0 Å². The summed E-state index contributed by atoms with van der Waals surface area (Å²) in [6, 6.07) is 3.95. The third-order valence-electron chi connectivity index (χ3n) is 4.74. The Bertz CT molecular complexity index is 984. The molecule has 0 N–H and O–H groups in total. The van der Waals surface area contributed by atoms with E-state index >= 15 is 0 Å². The van der Waals surface area contributed by atoms with Gasteiger partial charge in [0.25, 0.3) is 5.69 Å². The second-order valence-electron chi connectivity index (χ2n) is 9.48. The van der Waals surface area contributed by atoms with Crippen molar-refractivity contribution in [2.45, 2.75) is 48.5 Å². The Balaban J connectivity index is 2.61. The summed E-state index contributed by atoms with van der Waals surface area (Å²) in [6.07, 6.45) is 3.40. The van der Waals surface area contributed by atoms with E-state index in [2.05, 4.69) is 4.99 Å². The van der Waals surface area contributed by atoms with E-state index in [0.29, 0.717) is 16.9 Å². The number of nitro benzene ring substituents is 1. The van der Waals surface area contributed by atoms with Gasteiger partial charge in [-0.05, 0) is 36.0 Å². The number of aliphatic imine (C=N–C) groups is 1. The number of ether oxygens (including phenoxy) is 2. The summed E-state index contributed by atoms with van der Waals surface area (Å²) in [7, 11) is 0. The monoisotopic (exact) mass is 442 g/mol. The minimum absolute atomic E-state index is 0.0400. The molecular weight excluding hydrogens is 412 g/mol. The van der Waals surface area contributed by atoms with Crippen LogP contribution in [0.5, 0.6) is 5.75 Å². The first-order chi connectivity index (χ1) is 14.7. The molecule has 0 unspecified atom stereocenters. The topological polar surface area (TPSA) is 108 Å². The number of hydrogen-bond donors (Lipinski definition) is 0. The Hall–Kier alpha value is -3.29. The van der Waals surface area contributed by atoms with E-state index < -0.39 is 21.7 Å². The SMILES string of the molecule is CCOC(=O)COc1ccc([N+](=O)[O-])cc1N=C1C=C(C(C)(C)C)C(=O)C(C(C)(C)C)=C1. The van der Waals surface area contributed by atoms with Crippen molar-refractivity contribution in [3.63, 3.8) is 0 Å². The zero-order chi connectivity index (χ0) is 24.3. The molecule has 8 heteroatoms. The van der Waals surface area contributed by atoms with E-state index in [0.717, 1.165) is 0 Å². The van der Waals surface area contributed by atoms with Crippen LogP contribution in [0.15, 0.2) is 46.5 Å². The fourth-order valence-corrected chi connectivity index (χ4v) is 3.10. The average Bonchev–Trinajstić information content (AvgIpc) is 2.66. The zero-order valence-electron chi connectivity index (χ0n) is 19.6. The molecule has 1 aromatic carbocycles. The number of benzene rings is 1. The Morgan fingerprint density at radius 1 is 1.06 bits per heavy atom. The molecule has 1 aromatic rings. The summed E-state index contributed by atoms with van der Waals surface area (Å²) in [6.45, 7) is 13.2. The first-order valence-corrected chi connectivity index (χ1v) is 10.4.